The Labute approximate surface area is 98.6 Å². The molecule has 0 amide bonds. The Morgan fingerprint density at radius 3 is 3.12 bits per heavy atom. The summed E-state index contributed by atoms with van der Waals surface area (Å²) in [6, 6.07) is 0. The summed E-state index contributed by atoms with van der Waals surface area (Å²) in [5.74, 6) is 1.95. The molecule has 2 N–H and O–H groups in total. The molecule has 0 saturated carbocycles. The molecule has 7 heteroatoms. The van der Waals surface area contributed by atoms with E-state index in [1.807, 2.05) is 11.8 Å². The van der Waals surface area contributed by atoms with Gasteiger partial charge in [0.2, 0.25) is 5.95 Å². The van der Waals surface area contributed by atoms with Crippen LogP contribution >= 0.6 is 11.8 Å². The highest BCUT2D eigenvalue weighted by molar-refractivity contribution is 7.99. The molecule has 16 heavy (non-hydrogen) atoms. The van der Waals surface area contributed by atoms with Crippen LogP contribution in [0.25, 0.3) is 0 Å². The molecule has 0 aliphatic rings. The molecule has 6 nitrogen and oxygen atoms in total. The molecule has 0 aromatic carbocycles. The number of nitrogens with two attached hydrogens (primary N) is 1. The fraction of sp³-hybridized carbons (Fsp3) is 0.667. The Bertz CT molecular complexity index is 329. The Morgan fingerprint density at radius 1 is 1.69 bits per heavy atom. The maximum Gasteiger partial charge on any atom is 0.327 e. The molecular formula is C9H16N4O2S. The van der Waals surface area contributed by atoms with Crippen LogP contribution in [0.5, 0.6) is 0 Å². The minimum Gasteiger partial charge on any atom is -0.464 e. The first-order valence-electron chi connectivity index (χ1n) is 5.10. The summed E-state index contributed by atoms with van der Waals surface area (Å²) in [6.45, 7) is 2.62. The summed E-state index contributed by atoms with van der Waals surface area (Å²) in [6.07, 6.45) is 2.28. The minimum absolute atomic E-state index is 0.0606. The summed E-state index contributed by atoms with van der Waals surface area (Å²) < 4.78 is 6.38. The highest BCUT2D eigenvalue weighted by atomic mass is 32.2. The van der Waals surface area contributed by atoms with Crippen LogP contribution in [-0.2, 0) is 16.1 Å². The maximum absolute atomic E-state index is 11.3. The van der Waals surface area contributed by atoms with Crippen LogP contribution in [0.2, 0.25) is 0 Å². The van der Waals surface area contributed by atoms with Gasteiger partial charge in [0.15, 0.2) is 0 Å². The monoisotopic (exact) mass is 244 g/mol. The lowest BCUT2D eigenvalue weighted by Crippen LogP contribution is -2.15. The Morgan fingerprint density at radius 2 is 2.50 bits per heavy atom. The SMILES string of the molecule is CCSCCCOC(=O)Cn1cnc(N)n1. The Hall–Kier alpha value is -1.24. The highest BCUT2D eigenvalue weighted by Gasteiger charge is 2.05. The first-order chi connectivity index (χ1) is 7.72. The quantitative estimate of drug-likeness (QED) is 0.557. The zero-order valence-corrected chi connectivity index (χ0v) is 10.1. The van der Waals surface area contributed by atoms with Gasteiger partial charge in [-0.05, 0) is 17.9 Å². The van der Waals surface area contributed by atoms with Crippen molar-refractivity contribution in [2.24, 2.45) is 0 Å². The third-order valence-corrected chi connectivity index (χ3v) is 2.73. The molecule has 1 aromatic rings. The van der Waals surface area contributed by atoms with E-state index in [-0.39, 0.29) is 18.5 Å². The van der Waals surface area contributed by atoms with Gasteiger partial charge in [-0.1, -0.05) is 6.92 Å². The normalized spacial score (nSPS) is 10.3. The third-order valence-electron chi connectivity index (χ3n) is 1.75. The number of rotatable bonds is 7. The van der Waals surface area contributed by atoms with E-state index in [4.69, 9.17) is 10.5 Å². The van der Waals surface area contributed by atoms with E-state index >= 15 is 0 Å². The summed E-state index contributed by atoms with van der Waals surface area (Å²) >= 11 is 1.83. The number of ether oxygens (including phenoxy) is 1. The zero-order valence-electron chi connectivity index (χ0n) is 9.26. The van der Waals surface area contributed by atoms with Gasteiger partial charge < -0.3 is 10.5 Å². The van der Waals surface area contributed by atoms with Crippen LogP contribution in [0.15, 0.2) is 6.33 Å². The van der Waals surface area contributed by atoms with Gasteiger partial charge in [0, 0.05) is 0 Å². The lowest BCUT2D eigenvalue weighted by Gasteiger charge is -2.03. The van der Waals surface area contributed by atoms with Gasteiger partial charge in [0.05, 0.1) is 6.61 Å². The summed E-state index contributed by atoms with van der Waals surface area (Å²) in [4.78, 5) is 15.0. The molecule has 0 spiro atoms. The van der Waals surface area contributed by atoms with Crippen LogP contribution in [0.1, 0.15) is 13.3 Å². The number of anilines is 1. The molecular weight excluding hydrogens is 228 g/mol. The second-order valence-electron chi connectivity index (χ2n) is 3.07. The fourth-order valence-electron chi connectivity index (χ4n) is 1.05. The number of carbonyl (C=O) groups excluding carboxylic acids is 1. The Kier molecular flexibility index (Phi) is 5.69. The van der Waals surface area contributed by atoms with Crippen LogP contribution < -0.4 is 5.73 Å². The van der Waals surface area contributed by atoms with Gasteiger partial charge in [0.1, 0.15) is 12.9 Å². The zero-order chi connectivity index (χ0) is 11.8. The molecule has 0 bridgehead atoms. The predicted molar refractivity (Wildman–Crippen MR) is 63.0 cm³/mol. The van der Waals surface area contributed by atoms with Gasteiger partial charge in [-0.15, -0.1) is 5.10 Å². The number of esters is 1. The summed E-state index contributed by atoms with van der Waals surface area (Å²) in [5.41, 5.74) is 5.31. The average Bonchev–Trinajstić information content (AvgIpc) is 2.63. The Balaban J connectivity index is 2.11. The van der Waals surface area contributed by atoms with Gasteiger partial charge in [-0.2, -0.15) is 11.8 Å². The van der Waals surface area contributed by atoms with Crippen molar-refractivity contribution in [3.8, 4) is 0 Å². The van der Waals surface area contributed by atoms with Crippen molar-refractivity contribution < 1.29 is 9.53 Å². The lowest BCUT2D eigenvalue weighted by atomic mass is 10.5. The molecule has 0 radical (unpaired) electrons. The number of carbonyl (C=O) groups is 1. The van der Waals surface area contributed by atoms with Crippen molar-refractivity contribution in [2.45, 2.75) is 19.9 Å². The number of nitrogen functional groups attached to an aromatic ring is 1. The van der Waals surface area contributed by atoms with Crippen molar-refractivity contribution in [2.75, 3.05) is 23.8 Å². The highest BCUT2D eigenvalue weighted by Crippen LogP contribution is 2.01. The predicted octanol–water partition coefficient (Wildman–Crippen LogP) is 0.547. The summed E-state index contributed by atoms with van der Waals surface area (Å²) in [7, 11) is 0. The summed E-state index contributed by atoms with van der Waals surface area (Å²) in [5, 5.41) is 3.79. The molecule has 0 aliphatic heterocycles. The van der Waals surface area contributed by atoms with Crippen molar-refractivity contribution in [3.05, 3.63) is 6.33 Å². The molecule has 0 aliphatic carbocycles. The topological polar surface area (TPSA) is 83.0 Å². The molecule has 0 unspecified atom stereocenters. The lowest BCUT2D eigenvalue weighted by molar-refractivity contribution is -0.144. The number of aromatic nitrogens is 3. The number of hydrogen-bond acceptors (Lipinski definition) is 6. The van der Waals surface area contributed by atoms with E-state index in [0.717, 1.165) is 17.9 Å². The van der Waals surface area contributed by atoms with Gasteiger partial charge >= 0.3 is 5.97 Å². The maximum atomic E-state index is 11.3. The van der Waals surface area contributed by atoms with Gasteiger partial charge in [-0.3, -0.25) is 4.79 Å². The first-order valence-corrected chi connectivity index (χ1v) is 6.26. The molecule has 90 valence electrons. The molecule has 0 saturated heterocycles. The van der Waals surface area contributed by atoms with Crippen LogP contribution in [0.3, 0.4) is 0 Å². The van der Waals surface area contributed by atoms with E-state index in [1.54, 1.807) is 0 Å². The molecule has 1 aromatic heterocycles. The molecule has 0 fully saturated rings. The molecule has 0 atom stereocenters. The van der Waals surface area contributed by atoms with E-state index in [0.29, 0.717) is 6.61 Å². The fourth-order valence-corrected chi connectivity index (χ4v) is 1.67. The second-order valence-corrected chi connectivity index (χ2v) is 4.47. The first kappa shape index (κ1) is 12.8. The van der Waals surface area contributed by atoms with E-state index < -0.39 is 0 Å². The number of nitrogens with zero attached hydrogens (tertiary/aromatic N) is 3. The van der Waals surface area contributed by atoms with E-state index in [2.05, 4.69) is 17.0 Å². The van der Waals surface area contributed by atoms with Crippen LogP contribution in [0, 0.1) is 0 Å². The van der Waals surface area contributed by atoms with Crippen molar-refractivity contribution in [1.29, 1.82) is 0 Å². The largest absolute Gasteiger partial charge is 0.464 e. The second kappa shape index (κ2) is 7.10. The van der Waals surface area contributed by atoms with E-state index in [9.17, 15) is 4.79 Å². The number of hydrogen-bond donors (Lipinski definition) is 1. The third kappa shape index (κ3) is 5.01. The van der Waals surface area contributed by atoms with Crippen molar-refractivity contribution in [1.82, 2.24) is 14.8 Å². The van der Waals surface area contributed by atoms with Crippen molar-refractivity contribution >= 4 is 23.7 Å². The van der Waals surface area contributed by atoms with Gasteiger partial charge in [-0.25, -0.2) is 9.67 Å². The van der Waals surface area contributed by atoms with Gasteiger partial charge in [0.25, 0.3) is 0 Å². The minimum atomic E-state index is -0.314. The smallest absolute Gasteiger partial charge is 0.327 e. The van der Waals surface area contributed by atoms with Crippen LogP contribution in [-0.4, -0.2) is 38.8 Å². The van der Waals surface area contributed by atoms with Crippen LogP contribution in [0.4, 0.5) is 5.95 Å². The molecule has 1 rings (SSSR count). The number of thioether (sulfide) groups is 1. The van der Waals surface area contributed by atoms with E-state index in [1.165, 1.54) is 11.0 Å². The van der Waals surface area contributed by atoms with Crippen molar-refractivity contribution in [3.63, 3.8) is 0 Å². The molecule has 1 heterocycles. The standard InChI is InChI=1S/C9H16N4O2S/c1-2-16-5-3-4-15-8(14)6-13-7-11-9(10)12-13/h7H,2-6H2,1H3,(H2,10,12). The average molecular weight is 244 g/mol.